The molecule has 0 heterocycles. The lowest BCUT2D eigenvalue weighted by molar-refractivity contribution is -0.143. The fourth-order valence-electron chi connectivity index (χ4n) is 2.58. The summed E-state index contributed by atoms with van der Waals surface area (Å²) in [5.41, 5.74) is 11.3. The number of nitrogens with two attached hydrogens (primary N) is 2. The summed E-state index contributed by atoms with van der Waals surface area (Å²) in [4.78, 5) is 48.0. The summed E-state index contributed by atoms with van der Waals surface area (Å²) in [6.45, 7) is 2.53. The van der Waals surface area contributed by atoms with Crippen LogP contribution in [0.1, 0.15) is 39.5 Å². The summed E-state index contributed by atoms with van der Waals surface area (Å²) in [7, 11) is 0. The van der Waals surface area contributed by atoms with Crippen LogP contribution in [0.2, 0.25) is 0 Å². The first-order valence-electron chi connectivity index (χ1n) is 9.88. The number of carbonyl (C=O) groups excluding carboxylic acids is 3. The molecule has 0 aliphatic heterocycles. The molecule has 12 heteroatoms. The van der Waals surface area contributed by atoms with Crippen LogP contribution in [0.15, 0.2) is 0 Å². The lowest BCUT2D eigenvalue weighted by Crippen LogP contribution is -2.58. The quantitative estimate of drug-likeness (QED) is 0.123. The Morgan fingerprint density at radius 1 is 0.833 bits per heavy atom. The Bertz CT molecular complexity index is 573. The Kier molecular flexibility index (Phi) is 13.5. The number of aliphatic hydroxyl groups is 2. The van der Waals surface area contributed by atoms with E-state index in [1.54, 1.807) is 0 Å². The number of nitrogens with one attached hydrogen (secondary N) is 3. The molecule has 0 rings (SSSR count). The molecule has 0 aromatic rings. The van der Waals surface area contributed by atoms with E-state index < -0.39 is 61.1 Å². The van der Waals surface area contributed by atoms with Crippen molar-refractivity contribution < 1.29 is 34.5 Å². The van der Waals surface area contributed by atoms with E-state index in [0.717, 1.165) is 0 Å². The highest BCUT2D eigenvalue weighted by atomic mass is 16.4. The average Bonchev–Trinajstić information content (AvgIpc) is 2.68. The van der Waals surface area contributed by atoms with Gasteiger partial charge in [-0.1, -0.05) is 13.8 Å². The summed E-state index contributed by atoms with van der Waals surface area (Å²) < 4.78 is 0. The van der Waals surface area contributed by atoms with Crippen molar-refractivity contribution in [1.82, 2.24) is 16.0 Å². The van der Waals surface area contributed by atoms with Gasteiger partial charge in [0.05, 0.1) is 19.3 Å². The lowest BCUT2D eigenvalue weighted by Gasteiger charge is -2.24. The first kappa shape index (κ1) is 27.7. The number of hydrogen-bond acceptors (Lipinski definition) is 8. The average molecular weight is 434 g/mol. The van der Waals surface area contributed by atoms with Crippen LogP contribution in [-0.4, -0.2) is 82.9 Å². The molecule has 30 heavy (non-hydrogen) atoms. The van der Waals surface area contributed by atoms with Crippen molar-refractivity contribution in [2.45, 2.75) is 63.7 Å². The van der Waals surface area contributed by atoms with Crippen molar-refractivity contribution in [3.05, 3.63) is 0 Å². The van der Waals surface area contributed by atoms with Gasteiger partial charge in [-0.3, -0.25) is 14.4 Å². The van der Waals surface area contributed by atoms with Gasteiger partial charge in [0, 0.05) is 0 Å². The number of aliphatic carboxylic acids is 1. The fourth-order valence-corrected chi connectivity index (χ4v) is 2.58. The maximum Gasteiger partial charge on any atom is 0.328 e. The van der Waals surface area contributed by atoms with Crippen LogP contribution >= 0.6 is 0 Å². The minimum atomic E-state index is -1.59. The minimum absolute atomic E-state index is 0.173. The summed E-state index contributed by atoms with van der Waals surface area (Å²) in [6.07, 6.45) is 1.79. The van der Waals surface area contributed by atoms with Gasteiger partial charge in [0.25, 0.3) is 0 Å². The Labute approximate surface area is 175 Å². The van der Waals surface area contributed by atoms with Crippen molar-refractivity contribution >= 4 is 23.7 Å². The highest BCUT2D eigenvalue weighted by Gasteiger charge is 2.29. The molecule has 0 saturated carbocycles. The van der Waals surface area contributed by atoms with E-state index in [1.807, 2.05) is 19.2 Å². The van der Waals surface area contributed by atoms with Gasteiger partial charge in [-0.2, -0.15) is 0 Å². The third-order valence-electron chi connectivity index (χ3n) is 4.25. The Morgan fingerprint density at radius 3 is 1.80 bits per heavy atom. The largest absolute Gasteiger partial charge is 0.480 e. The van der Waals surface area contributed by atoms with E-state index in [4.69, 9.17) is 21.7 Å². The molecule has 0 spiro atoms. The van der Waals surface area contributed by atoms with Gasteiger partial charge in [-0.05, 0) is 38.1 Å². The Morgan fingerprint density at radius 2 is 1.33 bits per heavy atom. The second kappa shape index (κ2) is 14.7. The lowest BCUT2D eigenvalue weighted by atomic mass is 10.0. The zero-order valence-corrected chi connectivity index (χ0v) is 17.5. The van der Waals surface area contributed by atoms with E-state index in [0.29, 0.717) is 25.8 Å². The topological polar surface area (TPSA) is 217 Å². The van der Waals surface area contributed by atoms with Gasteiger partial charge in [0.2, 0.25) is 17.7 Å². The number of hydrogen-bond donors (Lipinski definition) is 8. The first-order chi connectivity index (χ1) is 14.1. The van der Waals surface area contributed by atoms with Crippen molar-refractivity contribution in [2.24, 2.45) is 17.4 Å². The molecular formula is C18H35N5O7. The van der Waals surface area contributed by atoms with E-state index in [1.165, 1.54) is 0 Å². The number of unbranched alkanes of at least 4 members (excludes halogenated alkanes) is 1. The summed E-state index contributed by atoms with van der Waals surface area (Å²) in [6, 6.07) is -4.88. The third-order valence-corrected chi connectivity index (χ3v) is 4.25. The number of carboxylic acid groups (broad SMARTS) is 1. The van der Waals surface area contributed by atoms with Crippen molar-refractivity contribution in [3.63, 3.8) is 0 Å². The van der Waals surface area contributed by atoms with Crippen molar-refractivity contribution in [1.29, 1.82) is 0 Å². The van der Waals surface area contributed by atoms with Crippen LogP contribution < -0.4 is 27.4 Å². The molecule has 174 valence electrons. The van der Waals surface area contributed by atoms with Crippen LogP contribution in [0.3, 0.4) is 0 Å². The maximum atomic E-state index is 12.6. The van der Waals surface area contributed by atoms with Gasteiger partial charge >= 0.3 is 5.97 Å². The molecule has 0 aliphatic carbocycles. The number of amides is 3. The fraction of sp³-hybridized carbons (Fsp3) is 0.778. The summed E-state index contributed by atoms with van der Waals surface area (Å²) in [5.74, 6) is -3.54. The first-order valence-corrected chi connectivity index (χ1v) is 9.88. The molecule has 0 aliphatic rings. The molecule has 10 N–H and O–H groups in total. The number of aliphatic hydroxyl groups excluding tert-OH is 2. The molecule has 0 saturated heterocycles. The molecule has 0 bridgehead atoms. The number of carbonyl (C=O) groups is 4. The van der Waals surface area contributed by atoms with Crippen LogP contribution in [-0.2, 0) is 19.2 Å². The van der Waals surface area contributed by atoms with Crippen molar-refractivity contribution in [3.8, 4) is 0 Å². The minimum Gasteiger partial charge on any atom is -0.480 e. The normalized spacial score (nSPS) is 15.0. The predicted molar refractivity (Wildman–Crippen MR) is 108 cm³/mol. The van der Waals surface area contributed by atoms with Crippen LogP contribution in [0.5, 0.6) is 0 Å². The smallest absolute Gasteiger partial charge is 0.328 e. The van der Waals surface area contributed by atoms with Gasteiger partial charge in [-0.25, -0.2) is 4.79 Å². The van der Waals surface area contributed by atoms with Gasteiger partial charge in [0.1, 0.15) is 18.1 Å². The van der Waals surface area contributed by atoms with Gasteiger partial charge in [0.15, 0.2) is 0 Å². The Balaban J connectivity index is 5.15. The van der Waals surface area contributed by atoms with Gasteiger partial charge in [-0.15, -0.1) is 0 Å². The molecule has 12 nitrogen and oxygen atoms in total. The summed E-state index contributed by atoms with van der Waals surface area (Å²) >= 11 is 0. The van der Waals surface area contributed by atoms with Crippen LogP contribution in [0.25, 0.3) is 0 Å². The molecule has 0 aromatic carbocycles. The molecule has 0 aromatic heterocycles. The third kappa shape index (κ3) is 10.5. The van der Waals surface area contributed by atoms with E-state index >= 15 is 0 Å². The van der Waals surface area contributed by atoms with Gasteiger partial charge < -0.3 is 42.7 Å². The maximum absolute atomic E-state index is 12.6. The molecule has 4 atom stereocenters. The van der Waals surface area contributed by atoms with E-state index in [2.05, 4.69) is 10.6 Å². The predicted octanol–water partition coefficient (Wildman–Crippen LogP) is -2.99. The standard InChI is InChI=1S/C18H35N5O7/c1-10(2)7-11(20)15(26)21-12(5-3-4-6-19)16(27)22-13(8-24)17(28)23-14(9-25)18(29)30/h10-14,24-25H,3-9,19-20H2,1-2H3,(H,21,26)(H,22,27)(H,23,28)(H,29,30). The van der Waals surface area contributed by atoms with E-state index in [9.17, 15) is 24.3 Å². The second-order valence-electron chi connectivity index (χ2n) is 7.41. The highest BCUT2D eigenvalue weighted by molar-refractivity contribution is 5.94. The molecular weight excluding hydrogens is 398 g/mol. The SMILES string of the molecule is CC(C)CC(N)C(=O)NC(CCCCN)C(=O)NC(CO)C(=O)NC(CO)C(=O)O. The molecule has 4 unspecified atom stereocenters. The monoisotopic (exact) mass is 433 g/mol. The molecule has 0 fully saturated rings. The van der Waals surface area contributed by atoms with E-state index in [-0.39, 0.29) is 12.3 Å². The summed E-state index contributed by atoms with van der Waals surface area (Å²) in [5, 5.41) is 34.1. The molecule has 0 radical (unpaired) electrons. The Hall–Kier alpha value is -2.28. The van der Waals surface area contributed by atoms with Crippen LogP contribution in [0.4, 0.5) is 0 Å². The second-order valence-corrected chi connectivity index (χ2v) is 7.41. The highest BCUT2D eigenvalue weighted by Crippen LogP contribution is 2.06. The van der Waals surface area contributed by atoms with Crippen LogP contribution in [0, 0.1) is 5.92 Å². The molecule has 3 amide bonds. The number of rotatable bonds is 15. The zero-order chi connectivity index (χ0) is 23.3. The van der Waals surface area contributed by atoms with Crippen molar-refractivity contribution in [2.75, 3.05) is 19.8 Å². The zero-order valence-electron chi connectivity index (χ0n) is 17.5. The number of carboxylic acids is 1.